The zero-order valence-electron chi connectivity index (χ0n) is 10.1. The lowest BCUT2D eigenvalue weighted by Crippen LogP contribution is -2.34. The molecular formula is C11H20O4. The van der Waals surface area contributed by atoms with E-state index in [0.717, 1.165) is 0 Å². The first-order valence-corrected chi connectivity index (χ1v) is 5.27. The monoisotopic (exact) mass is 216 g/mol. The molecule has 4 heteroatoms. The number of hydrogen-bond acceptors (Lipinski definition) is 4. The number of ether oxygens (including phenoxy) is 2. The molecule has 0 aromatic carbocycles. The lowest BCUT2D eigenvalue weighted by Gasteiger charge is -2.20. The van der Waals surface area contributed by atoms with Gasteiger partial charge in [0.05, 0.1) is 12.5 Å². The van der Waals surface area contributed by atoms with Gasteiger partial charge in [0.1, 0.15) is 0 Å². The average Bonchev–Trinajstić information content (AvgIpc) is 2.13. The van der Waals surface area contributed by atoms with E-state index in [1.807, 2.05) is 13.8 Å². The summed E-state index contributed by atoms with van der Waals surface area (Å²) in [7, 11) is 0. The van der Waals surface area contributed by atoms with Gasteiger partial charge in [0.15, 0.2) is 0 Å². The number of carbonyl (C=O) groups excluding carboxylic acids is 2. The quantitative estimate of drug-likeness (QED) is 0.657. The first-order chi connectivity index (χ1) is 6.90. The molecule has 0 fully saturated rings. The summed E-state index contributed by atoms with van der Waals surface area (Å²) in [5, 5.41) is 0. The maximum absolute atomic E-state index is 11.4. The van der Waals surface area contributed by atoms with Crippen molar-refractivity contribution in [2.75, 3.05) is 6.61 Å². The zero-order valence-corrected chi connectivity index (χ0v) is 10.1. The molecule has 0 aromatic heterocycles. The maximum atomic E-state index is 11.4. The molecule has 0 amide bonds. The summed E-state index contributed by atoms with van der Waals surface area (Å²) in [6.45, 7) is 9.10. The SMILES string of the molecule is CCOC(=O)C(OC(=O)C(C)C)C(C)C. The van der Waals surface area contributed by atoms with Gasteiger partial charge in [0.25, 0.3) is 0 Å². The molecular weight excluding hydrogens is 196 g/mol. The Labute approximate surface area is 90.9 Å². The average molecular weight is 216 g/mol. The molecule has 15 heavy (non-hydrogen) atoms. The second kappa shape index (κ2) is 6.43. The number of rotatable bonds is 5. The van der Waals surface area contributed by atoms with Gasteiger partial charge in [-0.25, -0.2) is 4.79 Å². The van der Waals surface area contributed by atoms with Gasteiger partial charge in [-0.2, -0.15) is 0 Å². The lowest BCUT2D eigenvalue weighted by atomic mass is 10.1. The third-order valence-electron chi connectivity index (χ3n) is 1.84. The highest BCUT2D eigenvalue weighted by molar-refractivity contribution is 5.80. The second-order valence-electron chi connectivity index (χ2n) is 4.01. The molecule has 0 aliphatic rings. The van der Waals surface area contributed by atoms with Crippen LogP contribution in [0.15, 0.2) is 0 Å². The van der Waals surface area contributed by atoms with Crippen molar-refractivity contribution in [2.24, 2.45) is 11.8 Å². The highest BCUT2D eigenvalue weighted by Gasteiger charge is 2.28. The van der Waals surface area contributed by atoms with E-state index in [2.05, 4.69) is 0 Å². The largest absolute Gasteiger partial charge is 0.463 e. The maximum Gasteiger partial charge on any atom is 0.347 e. The second-order valence-corrected chi connectivity index (χ2v) is 4.01. The smallest absolute Gasteiger partial charge is 0.347 e. The molecule has 0 N–H and O–H groups in total. The molecule has 0 aromatic rings. The minimum absolute atomic E-state index is 0.0771. The summed E-state index contributed by atoms with van der Waals surface area (Å²) >= 11 is 0. The van der Waals surface area contributed by atoms with Crippen LogP contribution in [-0.2, 0) is 19.1 Å². The first kappa shape index (κ1) is 13.9. The number of hydrogen-bond donors (Lipinski definition) is 0. The van der Waals surface area contributed by atoms with Gasteiger partial charge in [-0.1, -0.05) is 27.7 Å². The fraction of sp³-hybridized carbons (Fsp3) is 0.818. The van der Waals surface area contributed by atoms with Gasteiger partial charge in [-0.05, 0) is 6.92 Å². The van der Waals surface area contributed by atoms with E-state index in [4.69, 9.17) is 9.47 Å². The Balaban J connectivity index is 4.41. The van der Waals surface area contributed by atoms with Crippen LogP contribution in [0.25, 0.3) is 0 Å². The van der Waals surface area contributed by atoms with Crippen LogP contribution in [0.3, 0.4) is 0 Å². The van der Waals surface area contributed by atoms with Crippen molar-refractivity contribution in [1.82, 2.24) is 0 Å². The fourth-order valence-corrected chi connectivity index (χ4v) is 0.942. The van der Waals surface area contributed by atoms with Crippen molar-refractivity contribution in [3.63, 3.8) is 0 Å². The number of esters is 2. The standard InChI is InChI=1S/C11H20O4/c1-6-14-11(13)9(7(2)3)15-10(12)8(4)5/h7-9H,6H2,1-5H3. The molecule has 0 bridgehead atoms. The van der Waals surface area contributed by atoms with Crippen molar-refractivity contribution in [1.29, 1.82) is 0 Å². The predicted octanol–water partition coefficient (Wildman–Crippen LogP) is 1.77. The van der Waals surface area contributed by atoms with Crippen LogP contribution < -0.4 is 0 Å². The summed E-state index contributed by atoms with van der Waals surface area (Å²) in [6.07, 6.45) is -0.792. The summed E-state index contributed by atoms with van der Waals surface area (Å²) in [4.78, 5) is 22.8. The van der Waals surface area contributed by atoms with Gasteiger partial charge in [0, 0.05) is 5.92 Å². The van der Waals surface area contributed by atoms with Crippen LogP contribution in [0, 0.1) is 11.8 Å². The van der Waals surface area contributed by atoms with Gasteiger partial charge in [0.2, 0.25) is 6.10 Å². The van der Waals surface area contributed by atoms with Crippen molar-refractivity contribution < 1.29 is 19.1 Å². The third-order valence-corrected chi connectivity index (χ3v) is 1.84. The molecule has 0 radical (unpaired) electrons. The van der Waals surface area contributed by atoms with E-state index in [-0.39, 0.29) is 17.8 Å². The molecule has 0 spiro atoms. The van der Waals surface area contributed by atoms with E-state index in [1.54, 1.807) is 20.8 Å². The third kappa shape index (κ3) is 4.81. The van der Waals surface area contributed by atoms with Crippen LogP contribution in [0.2, 0.25) is 0 Å². The Kier molecular flexibility index (Phi) is 5.97. The predicted molar refractivity (Wildman–Crippen MR) is 56.2 cm³/mol. The van der Waals surface area contributed by atoms with Crippen molar-refractivity contribution in [3.8, 4) is 0 Å². The minimum Gasteiger partial charge on any atom is -0.463 e. The molecule has 0 rings (SSSR count). The topological polar surface area (TPSA) is 52.6 Å². The highest BCUT2D eigenvalue weighted by Crippen LogP contribution is 2.11. The summed E-state index contributed by atoms with van der Waals surface area (Å²) < 4.78 is 9.90. The van der Waals surface area contributed by atoms with E-state index < -0.39 is 12.1 Å². The van der Waals surface area contributed by atoms with E-state index in [1.165, 1.54) is 0 Å². The van der Waals surface area contributed by atoms with Gasteiger partial charge in [-0.15, -0.1) is 0 Å². The van der Waals surface area contributed by atoms with Crippen molar-refractivity contribution >= 4 is 11.9 Å². The Morgan fingerprint density at radius 3 is 1.93 bits per heavy atom. The first-order valence-electron chi connectivity index (χ1n) is 5.27. The van der Waals surface area contributed by atoms with Crippen LogP contribution >= 0.6 is 0 Å². The Hall–Kier alpha value is -1.06. The molecule has 0 aliphatic heterocycles. The van der Waals surface area contributed by atoms with Crippen molar-refractivity contribution in [3.05, 3.63) is 0 Å². The number of carbonyl (C=O) groups is 2. The van der Waals surface area contributed by atoms with E-state index >= 15 is 0 Å². The van der Waals surface area contributed by atoms with E-state index in [0.29, 0.717) is 6.61 Å². The minimum atomic E-state index is -0.792. The summed E-state index contributed by atoms with van der Waals surface area (Å²) in [5.41, 5.74) is 0. The summed E-state index contributed by atoms with van der Waals surface area (Å²) in [5.74, 6) is -1.16. The Bertz CT molecular complexity index is 221. The molecule has 0 heterocycles. The van der Waals surface area contributed by atoms with Crippen LogP contribution in [-0.4, -0.2) is 24.6 Å². The van der Waals surface area contributed by atoms with Crippen LogP contribution in [0.5, 0.6) is 0 Å². The fourth-order valence-electron chi connectivity index (χ4n) is 0.942. The van der Waals surface area contributed by atoms with E-state index in [9.17, 15) is 9.59 Å². The lowest BCUT2D eigenvalue weighted by molar-refractivity contribution is -0.172. The molecule has 0 aliphatic carbocycles. The molecule has 1 unspecified atom stereocenters. The zero-order chi connectivity index (χ0) is 12.0. The van der Waals surface area contributed by atoms with Gasteiger partial charge >= 0.3 is 11.9 Å². The Morgan fingerprint density at radius 1 is 1.07 bits per heavy atom. The molecule has 0 saturated heterocycles. The normalized spacial score (nSPS) is 12.7. The van der Waals surface area contributed by atoms with Gasteiger partial charge in [-0.3, -0.25) is 4.79 Å². The van der Waals surface area contributed by atoms with Crippen molar-refractivity contribution in [2.45, 2.75) is 40.7 Å². The molecule has 88 valence electrons. The molecule has 0 saturated carbocycles. The summed E-state index contributed by atoms with van der Waals surface area (Å²) in [6, 6.07) is 0. The molecule has 4 nitrogen and oxygen atoms in total. The molecule has 1 atom stereocenters. The Morgan fingerprint density at radius 2 is 1.60 bits per heavy atom. The van der Waals surface area contributed by atoms with Gasteiger partial charge < -0.3 is 9.47 Å². The van der Waals surface area contributed by atoms with Crippen LogP contribution in [0.4, 0.5) is 0 Å². The highest BCUT2D eigenvalue weighted by atomic mass is 16.6. The van der Waals surface area contributed by atoms with Crippen LogP contribution in [0.1, 0.15) is 34.6 Å².